The first kappa shape index (κ1) is 31.3. The molecule has 1 aromatic heterocycles. The fourth-order valence-electron chi connectivity index (χ4n) is 4.85. The van der Waals surface area contributed by atoms with Crippen LogP contribution in [0.25, 0.3) is 10.9 Å². The van der Waals surface area contributed by atoms with E-state index in [0.717, 1.165) is 83.4 Å². The summed E-state index contributed by atoms with van der Waals surface area (Å²) in [6, 6.07) is 14.2. The number of hydrogen-bond donors (Lipinski definition) is 4. The van der Waals surface area contributed by atoms with Crippen molar-refractivity contribution >= 4 is 16.8 Å². The third-order valence-corrected chi connectivity index (χ3v) is 7.25. The number of carbonyl (C=O) groups excluding carboxylic acids is 1. The van der Waals surface area contributed by atoms with Crippen molar-refractivity contribution < 1.29 is 19.7 Å². The molecular weight excluding hydrogens is 506 g/mol. The number of aryl methyl sites for hydroxylation is 1. The molecule has 0 fully saturated rings. The predicted molar refractivity (Wildman–Crippen MR) is 160 cm³/mol. The second kappa shape index (κ2) is 16.8. The lowest BCUT2D eigenvalue weighted by Crippen LogP contribution is -2.30. The average Bonchev–Trinajstić information content (AvgIpc) is 2.96. The molecule has 3 rings (SSSR count). The van der Waals surface area contributed by atoms with Gasteiger partial charge in [-0.15, -0.1) is 0 Å². The molecule has 0 radical (unpaired) electrons. The highest BCUT2D eigenvalue weighted by Crippen LogP contribution is 2.28. The highest BCUT2D eigenvalue weighted by atomic mass is 16.5. The van der Waals surface area contributed by atoms with Crippen LogP contribution in [0.15, 0.2) is 53.3 Å². The first-order valence-corrected chi connectivity index (χ1v) is 14.6. The highest BCUT2D eigenvalue weighted by Gasteiger charge is 2.14. The van der Waals surface area contributed by atoms with E-state index in [-0.39, 0.29) is 17.2 Å². The first-order chi connectivity index (χ1) is 19.4. The lowest BCUT2D eigenvalue weighted by atomic mass is 10.0. The molecule has 8 heteroatoms. The number of aromatic hydroxyl groups is 1. The molecule has 40 heavy (non-hydrogen) atoms. The SMILES string of the molecule is CCN(CC)C(=O)c1ccc(CCCCOCCCCCCNCC(O)c2ccc(O)c3[nH]c(=O)ccc23)cc1. The number of phenols is 1. The summed E-state index contributed by atoms with van der Waals surface area (Å²) in [6.07, 6.45) is 6.63. The second-order valence-electron chi connectivity index (χ2n) is 10.2. The molecular formula is C32H45N3O5. The van der Waals surface area contributed by atoms with Crippen LogP contribution in [0, 0.1) is 0 Å². The minimum Gasteiger partial charge on any atom is -0.506 e. The molecule has 0 saturated carbocycles. The molecule has 1 unspecified atom stereocenters. The lowest BCUT2D eigenvalue weighted by molar-refractivity contribution is 0.0773. The number of pyridine rings is 1. The van der Waals surface area contributed by atoms with E-state index < -0.39 is 6.10 Å². The number of benzene rings is 2. The molecule has 1 amide bonds. The number of carbonyl (C=O) groups is 1. The summed E-state index contributed by atoms with van der Waals surface area (Å²) in [6.45, 7) is 8.23. The third-order valence-electron chi connectivity index (χ3n) is 7.25. The Balaban J connectivity index is 1.19. The van der Waals surface area contributed by atoms with Crippen LogP contribution in [0.2, 0.25) is 0 Å². The Kier molecular flexibility index (Phi) is 13.2. The largest absolute Gasteiger partial charge is 0.506 e. The van der Waals surface area contributed by atoms with Gasteiger partial charge >= 0.3 is 0 Å². The van der Waals surface area contributed by atoms with Gasteiger partial charge in [0.1, 0.15) is 5.75 Å². The summed E-state index contributed by atoms with van der Waals surface area (Å²) in [4.78, 5) is 28.4. The zero-order valence-electron chi connectivity index (χ0n) is 24.0. The molecule has 4 N–H and O–H groups in total. The number of phenolic OH excluding ortho intramolecular Hbond substituents is 1. The third kappa shape index (κ3) is 9.47. The van der Waals surface area contributed by atoms with Crippen LogP contribution in [0.5, 0.6) is 5.75 Å². The van der Waals surface area contributed by atoms with E-state index in [1.54, 1.807) is 12.1 Å². The molecule has 0 aliphatic rings. The minimum atomic E-state index is -0.733. The van der Waals surface area contributed by atoms with Gasteiger partial charge in [-0.25, -0.2) is 0 Å². The van der Waals surface area contributed by atoms with Crippen molar-refractivity contribution in [3.63, 3.8) is 0 Å². The van der Waals surface area contributed by atoms with Gasteiger partial charge in [0.2, 0.25) is 5.56 Å². The van der Waals surface area contributed by atoms with Crippen molar-refractivity contribution in [3.8, 4) is 5.75 Å². The zero-order chi connectivity index (χ0) is 28.7. The number of fused-ring (bicyclic) bond motifs is 1. The van der Waals surface area contributed by atoms with E-state index >= 15 is 0 Å². The summed E-state index contributed by atoms with van der Waals surface area (Å²) < 4.78 is 5.79. The number of hydrogen-bond acceptors (Lipinski definition) is 6. The maximum Gasteiger partial charge on any atom is 0.253 e. The molecule has 2 aromatic carbocycles. The maximum atomic E-state index is 12.4. The minimum absolute atomic E-state index is 0.00703. The van der Waals surface area contributed by atoms with Gasteiger partial charge in [-0.05, 0) is 87.9 Å². The van der Waals surface area contributed by atoms with Gasteiger partial charge in [-0.3, -0.25) is 9.59 Å². The standard InChI is InChI=1S/C32H45N3O5/c1-3-35(4-2)32(39)25-14-12-24(13-15-25)11-7-10-22-40-21-9-6-5-8-20-33-23-29(37)26-16-18-28(36)31-27(26)17-19-30(38)34-31/h12-19,29,33,36-37H,3-11,20-23H2,1-2H3,(H,34,38). The van der Waals surface area contributed by atoms with Crippen LogP contribution < -0.4 is 10.9 Å². The molecule has 0 spiro atoms. The van der Waals surface area contributed by atoms with Crippen LogP contribution in [-0.4, -0.2) is 65.4 Å². The van der Waals surface area contributed by atoms with Gasteiger partial charge in [0.05, 0.1) is 11.6 Å². The quantitative estimate of drug-likeness (QED) is 0.167. The van der Waals surface area contributed by atoms with E-state index in [0.29, 0.717) is 23.0 Å². The Bertz CT molecular complexity index is 1240. The molecule has 218 valence electrons. The van der Waals surface area contributed by atoms with Crippen molar-refractivity contribution in [2.45, 2.75) is 64.9 Å². The Morgan fingerprint density at radius 2 is 1.62 bits per heavy atom. The highest BCUT2D eigenvalue weighted by molar-refractivity contribution is 5.94. The maximum absolute atomic E-state index is 12.4. The van der Waals surface area contributed by atoms with E-state index in [1.807, 2.05) is 30.9 Å². The van der Waals surface area contributed by atoms with Crippen molar-refractivity contribution in [2.24, 2.45) is 0 Å². The molecule has 0 aliphatic carbocycles. The van der Waals surface area contributed by atoms with Crippen LogP contribution in [0.1, 0.15) is 80.0 Å². The summed E-state index contributed by atoms with van der Waals surface area (Å²) >= 11 is 0. The topological polar surface area (TPSA) is 115 Å². The summed E-state index contributed by atoms with van der Waals surface area (Å²) in [5.74, 6) is 0.0900. The number of nitrogens with one attached hydrogen (secondary N) is 2. The fraction of sp³-hybridized carbons (Fsp3) is 0.500. The van der Waals surface area contributed by atoms with Gasteiger partial charge < -0.3 is 30.2 Å². The van der Waals surface area contributed by atoms with Crippen molar-refractivity contribution in [2.75, 3.05) is 39.4 Å². The van der Waals surface area contributed by atoms with E-state index in [4.69, 9.17) is 4.74 Å². The number of aliphatic hydroxyl groups is 1. The molecule has 8 nitrogen and oxygen atoms in total. The van der Waals surface area contributed by atoms with Gasteiger partial charge in [0.15, 0.2) is 0 Å². The molecule has 0 aliphatic heterocycles. The second-order valence-corrected chi connectivity index (χ2v) is 10.2. The zero-order valence-corrected chi connectivity index (χ0v) is 24.0. The summed E-state index contributed by atoms with van der Waals surface area (Å²) in [7, 11) is 0. The predicted octanol–water partition coefficient (Wildman–Crippen LogP) is 4.94. The van der Waals surface area contributed by atoms with E-state index in [2.05, 4.69) is 22.4 Å². The van der Waals surface area contributed by atoms with Crippen molar-refractivity contribution in [1.82, 2.24) is 15.2 Å². The van der Waals surface area contributed by atoms with Crippen molar-refractivity contribution in [1.29, 1.82) is 0 Å². The fourth-order valence-corrected chi connectivity index (χ4v) is 4.85. The number of aromatic amines is 1. The van der Waals surface area contributed by atoms with Crippen LogP contribution >= 0.6 is 0 Å². The van der Waals surface area contributed by atoms with Crippen LogP contribution in [-0.2, 0) is 11.2 Å². The molecule has 0 bridgehead atoms. The Labute approximate surface area is 237 Å². The molecule has 0 saturated heterocycles. The number of unbranched alkanes of at least 4 members (excludes halogenated alkanes) is 4. The lowest BCUT2D eigenvalue weighted by Gasteiger charge is -2.18. The number of aromatic nitrogens is 1. The van der Waals surface area contributed by atoms with E-state index in [1.165, 1.54) is 17.7 Å². The van der Waals surface area contributed by atoms with Gasteiger partial charge in [0, 0.05) is 49.9 Å². The number of nitrogens with zero attached hydrogens (tertiary/aromatic N) is 1. The molecule has 1 atom stereocenters. The normalized spacial score (nSPS) is 12.1. The summed E-state index contributed by atoms with van der Waals surface area (Å²) in [5, 5.41) is 24.5. The first-order valence-electron chi connectivity index (χ1n) is 14.6. The van der Waals surface area contributed by atoms with Gasteiger partial charge in [0.25, 0.3) is 5.91 Å². The Morgan fingerprint density at radius 1 is 0.925 bits per heavy atom. The Hall–Kier alpha value is -3.20. The average molecular weight is 552 g/mol. The van der Waals surface area contributed by atoms with Crippen molar-refractivity contribution in [3.05, 3.63) is 75.6 Å². The van der Waals surface area contributed by atoms with Gasteiger partial charge in [-0.1, -0.05) is 31.0 Å². The molecule has 1 heterocycles. The smallest absolute Gasteiger partial charge is 0.253 e. The van der Waals surface area contributed by atoms with Crippen LogP contribution in [0.4, 0.5) is 0 Å². The van der Waals surface area contributed by atoms with Gasteiger partial charge in [-0.2, -0.15) is 0 Å². The van der Waals surface area contributed by atoms with E-state index in [9.17, 15) is 19.8 Å². The number of ether oxygens (including phenoxy) is 1. The van der Waals surface area contributed by atoms with Crippen LogP contribution in [0.3, 0.4) is 0 Å². The number of aliphatic hydroxyl groups excluding tert-OH is 1. The number of H-pyrrole nitrogens is 1. The number of rotatable bonds is 18. The summed E-state index contributed by atoms with van der Waals surface area (Å²) in [5.41, 5.74) is 2.74. The Morgan fingerprint density at radius 3 is 2.35 bits per heavy atom. The molecule has 3 aromatic rings. The number of amides is 1. The monoisotopic (exact) mass is 551 g/mol.